The zero-order valence-electron chi connectivity index (χ0n) is 10.2. The van der Waals surface area contributed by atoms with Crippen LogP contribution in [0.4, 0.5) is 11.4 Å². The smallest absolute Gasteiger partial charge is 0.262 e. The lowest BCUT2D eigenvalue weighted by atomic mass is 10.2. The Kier molecular flexibility index (Phi) is 3.84. The molecule has 0 unspecified atom stereocenters. The van der Waals surface area contributed by atoms with Gasteiger partial charge in [-0.05, 0) is 30.3 Å². The van der Waals surface area contributed by atoms with Crippen LogP contribution >= 0.6 is 11.6 Å². The van der Waals surface area contributed by atoms with Gasteiger partial charge in [0.05, 0.1) is 26.9 Å². The van der Waals surface area contributed by atoms with Crippen LogP contribution in [-0.4, -0.2) is 8.42 Å². The van der Waals surface area contributed by atoms with Crippen LogP contribution in [-0.2, 0) is 10.0 Å². The van der Waals surface area contributed by atoms with E-state index < -0.39 is 10.0 Å². The summed E-state index contributed by atoms with van der Waals surface area (Å²) in [5, 5.41) is 9.22. The molecule has 2 aromatic carbocycles. The van der Waals surface area contributed by atoms with E-state index in [1.165, 1.54) is 30.3 Å². The lowest BCUT2D eigenvalue weighted by molar-refractivity contribution is 0.601. The van der Waals surface area contributed by atoms with Crippen LogP contribution in [0.3, 0.4) is 0 Å². The Morgan fingerprint density at radius 3 is 2.55 bits per heavy atom. The van der Waals surface area contributed by atoms with Gasteiger partial charge in [-0.25, -0.2) is 8.42 Å². The van der Waals surface area contributed by atoms with E-state index in [0.717, 1.165) is 0 Å². The predicted molar refractivity (Wildman–Crippen MR) is 77.8 cm³/mol. The molecule has 0 amide bonds. The summed E-state index contributed by atoms with van der Waals surface area (Å²) in [6.07, 6.45) is 0. The molecule has 0 heterocycles. The molecular weight excluding hydrogens is 298 g/mol. The zero-order valence-corrected chi connectivity index (χ0v) is 11.7. The molecule has 0 aliphatic heterocycles. The molecule has 0 bridgehead atoms. The molecule has 0 aliphatic rings. The first kappa shape index (κ1) is 14.2. The van der Waals surface area contributed by atoms with Gasteiger partial charge < -0.3 is 5.73 Å². The number of nitrogens with two attached hydrogens (primary N) is 1. The van der Waals surface area contributed by atoms with Crippen molar-refractivity contribution >= 4 is 33.0 Å². The molecule has 0 saturated carbocycles. The van der Waals surface area contributed by atoms with Crippen molar-refractivity contribution < 1.29 is 8.42 Å². The fraction of sp³-hybridized carbons (Fsp3) is 0. The van der Waals surface area contributed by atoms with Crippen LogP contribution < -0.4 is 10.5 Å². The van der Waals surface area contributed by atoms with Gasteiger partial charge in [0.25, 0.3) is 10.0 Å². The summed E-state index contributed by atoms with van der Waals surface area (Å²) in [7, 11) is -3.82. The number of hydrogen-bond donors (Lipinski definition) is 2. The third-order valence-electron chi connectivity index (χ3n) is 2.57. The molecule has 2 rings (SSSR count). The van der Waals surface area contributed by atoms with Gasteiger partial charge in [0.15, 0.2) is 0 Å². The number of nitriles is 1. The highest BCUT2D eigenvalue weighted by Crippen LogP contribution is 2.24. The molecule has 0 aromatic heterocycles. The van der Waals surface area contributed by atoms with Gasteiger partial charge in [0.1, 0.15) is 6.07 Å². The van der Waals surface area contributed by atoms with E-state index >= 15 is 0 Å². The summed E-state index contributed by atoms with van der Waals surface area (Å²) in [5.41, 5.74) is 6.21. The third kappa shape index (κ3) is 2.85. The Morgan fingerprint density at radius 2 is 1.90 bits per heavy atom. The molecule has 0 fully saturated rings. The van der Waals surface area contributed by atoms with Crippen LogP contribution in [0.5, 0.6) is 0 Å². The number of sulfonamides is 1. The van der Waals surface area contributed by atoms with Crippen molar-refractivity contribution in [3.05, 3.63) is 53.1 Å². The molecular formula is C13H10ClN3O2S. The van der Waals surface area contributed by atoms with Gasteiger partial charge in [0.2, 0.25) is 0 Å². The monoisotopic (exact) mass is 307 g/mol. The van der Waals surface area contributed by atoms with E-state index in [4.69, 9.17) is 22.6 Å². The van der Waals surface area contributed by atoms with Crippen LogP contribution in [0.2, 0.25) is 5.02 Å². The first-order valence-electron chi connectivity index (χ1n) is 5.51. The van der Waals surface area contributed by atoms with Crippen LogP contribution in [0.1, 0.15) is 5.56 Å². The van der Waals surface area contributed by atoms with Crippen molar-refractivity contribution in [3.8, 4) is 6.07 Å². The van der Waals surface area contributed by atoms with E-state index in [9.17, 15) is 8.42 Å². The lowest BCUT2D eigenvalue weighted by Crippen LogP contribution is -2.14. The maximum absolute atomic E-state index is 12.2. The number of halogens is 1. The van der Waals surface area contributed by atoms with E-state index in [1.807, 2.05) is 6.07 Å². The average Bonchev–Trinajstić information content (AvgIpc) is 2.42. The molecule has 3 N–H and O–H groups in total. The number of hydrogen-bond acceptors (Lipinski definition) is 4. The van der Waals surface area contributed by atoms with Crippen LogP contribution in [0, 0.1) is 11.3 Å². The Labute approximate surface area is 121 Å². The van der Waals surface area contributed by atoms with Gasteiger partial charge in [-0.1, -0.05) is 23.7 Å². The van der Waals surface area contributed by atoms with Gasteiger partial charge in [-0.15, -0.1) is 0 Å². The van der Waals surface area contributed by atoms with Crippen molar-refractivity contribution in [1.82, 2.24) is 0 Å². The third-order valence-corrected chi connectivity index (χ3v) is 4.28. The highest BCUT2D eigenvalue weighted by Gasteiger charge is 2.16. The number of nitrogens with zero attached hydrogens (tertiary/aromatic N) is 1. The van der Waals surface area contributed by atoms with Gasteiger partial charge in [-0.3, -0.25) is 4.72 Å². The number of anilines is 2. The molecule has 20 heavy (non-hydrogen) atoms. The second kappa shape index (κ2) is 5.41. The quantitative estimate of drug-likeness (QED) is 0.852. The number of nitrogens with one attached hydrogen (secondary N) is 1. The fourth-order valence-electron chi connectivity index (χ4n) is 1.56. The second-order valence-electron chi connectivity index (χ2n) is 3.95. The lowest BCUT2D eigenvalue weighted by Gasteiger charge is -2.10. The predicted octanol–water partition coefficient (Wildman–Crippen LogP) is 2.59. The first-order valence-corrected chi connectivity index (χ1v) is 7.37. The van der Waals surface area contributed by atoms with Gasteiger partial charge >= 0.3 is 0 Å². The fourth-order valence-corrected chi connectivity index (χ4v) is 2.79. The highest BCUT2D eigenvalue weighted by atomic mass is 35.5. The molecule has 0 aliphatic carbocycles. The molecule has 102 valence electrons. The molecule has 0 spiro atoms. The average molecular weight is 308 g/mol. The standard InChI is InChI=1S/C13H10ClN3O2S/c14-11-6-5-10(7-12(11)16)20(18,19)17-13-4-2-1-3-9(13)8-15/h1-7,17H,16H2. The van der Waals surface area contributed by atoms with Crippen molar-refractivity contribution in [2.24, 2.45) is 0 Å². The molecule has 0 atom stereocenters. The summed E-state index contributed by atoms with van der Waals surface area (Å²) in [6, 6.07) is 12.2. The highest BCUT2D eigenvalue weighted by molar-refractivity contribution is 7.92. The SMILES string of the molecule is N#Cc1ccccc1NS(=O)(=O)c1ccc(Cl)c(N)c1. The Balaban J connectivity index is 2.41. The maximum Gasteiger partial charge on any atom is 0.262 e. The Bertz CT molecular complexity index is 798. The van der Waals surface area contributed by atoms with Crippen LogP contribution in [0.15, 0.2) is 47.4 Å². The van der Waals surface area contributed by atoms with Crippen molar-refractivity contribution in [2.45, 2.75) is 4.90 Å². The molecule has 5 nitrogen and oxygen atoms in total. The van der Waals surface area contributed by atoms with E-state index in [-0.39, 0.29) is 26.9 Å². The van der Waals surface area contributed by atoms with Crippen molar-refractivity contribution in [1.29, 1.82) is 5.26 Å². The van der Waals surface area contributed by atoms with E-state index in [2.05, 4.69) is 4.72 Å². The number of para-hydroxylation sites is 1. The van der Waals surface area contributed by atoms with E-state index in [0.29, 0.717) is 0 Å². The van der Waals surface area contributed by atoms with Crippen LogP contribution in [0.25, 0.3) is 0 Å². The number of benzene rings is 2. The van der Waals surface area contributed by atoms with Crippen molar-refractivity contribution in [3.63, 3.8) is 0 Å². The minimum Gasteiger partial charge on any atom is -0.397 e. The van der Waals surface area contributed by atoms with Gasteiger partial charge in [0, 0.05) is 0 Å². The van der Waals surface area contributed by atoms with Crippen molar-refractivity contribution in [2.75, 3.05) is 10.5 Å². The molecule has 0 radical (unpaired) electrons. The Hall–Kier alpha value is -2.23. The summed E-state index contributed by atoms with van der Waals surface area (Å²) in [6.45, 7) is 0. The normalized spacial score (nSPS) is 10.8. The summed E-state index contributed by atoms with van der Waals surface area (Å²) >= 11 is 5.76. The maximum atomic E-state index is 12.2. The molecule has 2 aromatic rings. The first-order chi connectivity index (χ1) is 9.44. The zero-order chi connectivity index (χ0) is 14.8. The second-order valence-corrected chi connectivity index (χ2v) is 6.04. The topological polar surface area (TPSA) is 96.0 Å². The molecule has 7 heteroatoms. The molecule has 0 saturated heterocycles. The number of rotatable bonds is 3. The minimum absolute atomic E-state index is 0.0212. The van der Waals surface area contributed by atoms with Gasteiger partial charge in [-0.2, -0.15) is 5.26 Å². The largest absolute Gasteiger partial charge is 0.397 e. The summed E-state index contributed by atoms with van der Waals surface area (Å²) in [5.74, 6) is 0. The Morgan fingerprint density at radius 1 is 1.20 bits per heavy atom. The minimum atomic E-state index is -3.82. The van der Waals surface area contributed by atoms with E-state index in [1.54, 1.807) is 12.1 Å². The summed E-state index contributed by atoms with van der Waals surface area (Å²) in [4.78, 5) is -0.0212. The summed E-state index contributed by atoms with van der Waals surface area (Å²) < 4.78 is 26.8. The number of nitrogen functional groups attached to an aromatic ring is 1.